The summed E-state index contributed by atoms with van der Waals surface area (Å²) in [6.45, 7) is 7.07. The first kappa shape index (κ1) is 24.4. The fourth-order valence-corrected chi connectivity index (χ4v) is 5.48. The van der Waals surface area contributed by atoms with E-state index in [9.17, 15) is 4.79 Å². The molecule has 1 aliphatic carbocycles. The number of thioether (sulfide) groups is 1. The zero-order chi connectivity index (χ0) is 22.1. The van der Waals surface area contributed by atoms with Crippen LogP contribution in [-0.4, -0.2) is 36.4 Å². The molecule has 1 amide bonds. The Hall–Kier alpha value is -1.24. The van der Waals surface area contributed by atoms with E-state index >= 15 is 0 Å². The van der Waals surface area contributed by atoms with Gasteiger partial charge < -0.3 is 14.2 Å². The number of hydrogen-bond acceptors (Lipinski definition) is 5. The van der Waals surface area contributed by atoms with Gasteiger partial charge in [0.15, 0.2) is 6.29 Å². The SMILES string of the molecule is CC(C)(C)OC(=O)Nc1ccc(SC2CCCCCCCC(C3OCCO3)CC2)cc1. The molecule has 31 heavy (non-hydrogen) atoms. The Morgan fingerprint density at radius 2 is 1.58 bits per heavy atom. The van der Waals surface area contributed by atoms with Crippen molar-refractivity contribution in [3.05, 3.63) is 24.3 Å². The Morgan fingerprint density at radius 3 is 2.26 bits per heavy atom. The van der Waals surface area contributed by atoms with Crippen molar-refractivity contribution >= 4 is 23.5 Å². The lowest BCUT2D eigenvalue weighted by atomic mass is 9.94. The number of nitrogens with one attached hydrogen (secondary N) is 1. The predicted octanol–water partition coefficient (Wildman–Crippen LogP) is 7.01. The minimum atomic E-state index is -0.499. The second-order valence-electron chi connectivity index (χ2n) is 9.68. The fourth-order valence-electron chi connectivity index (χ4n) is 4.27. The molecule has 0 spiro atoms. The molecule has 2 unspecified atom stereocenters. The van der Waals surface area contributed by atoms with Gasteiger partial charge in [0.05, 0.1) is 13.2 Å². The normalized spacial score (nSPS) is 24.4. The molecule has 1 aromatic carbocycles. The minimum absolute atomic E-state index is 0.00427. The van der Waals surface area contributed by atoms with Crippen LogP contribution in [0.1, 0.15) is 78.6 Å². The topological polar surface area (TPSA) is 56.8 Å². The third kappa shape index (κ3) is 9.03. The number of benzene rings is 1. The van der Waals surface area contributed by atoms with Gasteiger partial charge >= 0.3 is 6.09 Å². The first-order valence-corrected chi connectivity index (χ1v) is 12.8. The van der Waals surface area contributed by atoms with Crippen LogP contribution in [0.4, 0.5) is 10.5 Å². The van der Waals surface area contributed by atoms with Crippen LogP contribution in [0.25, 0.3) is 0 Å². The largest absolute Gasteiger partial charge is 0.444 e. The van der Waals surface area contributed by atoms with Crippen LogP contribution in [0.15, 0.2) is 29.2 Å². The van der Waals surface area contributed by atoms with Crippen molar-refractivity contribution in [2.75, 3.05) is 18.5 Å². The molecular weight excluding hydrogens is 410 g/mol. The predicted molar refractivity (Wildman–Crippen MR) is 127 cm³/mol. The number of hydrogen-bond donors (Lipinski definition) is 1. The standard InChI is InChI=1S/C25H39NO4S/c1-25(2,3)30-24(27)26-20-12-15-22(16-13-20)31-21-10-8-6-4-5-7-9-19(11-14-21)23-28-17-18-29-23/h12-13,15-16,19,21,23H,4-11,14,17-18H2,1-3H3,(H,26,27). The van der Waals surface area contributed by atoms with Gasteiger partial charge in [-0.1, -0.05) is 32.1 Å². The Morgan fingerprint density at radius 1 is 0.935 bits per heavy atom. The van der Waals surface area contributed by atoms with Gasteiger partial charge in [-0.15, -0.1) is 11.8 Å². The van der Waals surface area contributed by atoms with Crippen molar-refractivity contribution in [1.29, 1.82) is 0 Å². The highest BCUT2D eigenvalue weighted by atomic mass is 32.2. The number of carbonyl (C=O) groups excluding carboxylic acids is 1. The Balaban J connectivity index is 1.55. The van der Waals surface area contributed by atoms with Gasteiger partial charge in [0.2, 0.25) is 0 Å². The number of carbonyl (C=O) groups is 1. The van der Waals surface area contributed by atoms with Crippen LogP contribution in [-0.2, 0) is 14.2 Å². The van der Waals surface area contributed by atoms with Crippen LogP contribution in [0, 0.1) is 5.92 Å². The van der Waals surface area contributed by atoms with Crippen LogP contribution in [0.3, 0.4) is 0 Å². The molecule has 5 nitrogen and oxygen atoms in total. The lowest BCUT2D eigenvalue weighted by molar-refractivity contribution is -0.0884. The van der Waals surface area contributed by atoms with Gasteiger partial charge in [0.25, 0.3) is 0 Å². The molecule has 1 heterocycles. The van der Waals surface area contributed by atoms with E-state index < -0.39 is 11.7 Å². The Kier molecular flexibility index (Phi) is 9.54. The Labute approximate surface area is 192 Å². The summed E-state index contributed by atoms with van der Waals surface area (Å²) >= 11 is 1.97. The summed E-state index contributed by atoms with van der Waals surface area (Å²) in [6.07, 6.45) is 11.0. The molecule has 0 radical (unpaired) electrons. The van der Waals surface area contributed by atoms with Crippen molar-refractivity contribution in [2.45, 2.75) is 101 Å². The van der Waals surface area contributed by atoms with Crippen LogP contribution < -0.4 is 5.32 Å². The molecule has 1 aliphatic heterocycles. The molecule has 174 valence electrons. The molecule has 6 heteroatoms. The number of anilines is 1. The number of rotatable bonds is 4. The van der Waals surface area contributed by atoms with Gasteiger partial charge in [-0.05, 0) is 70.7 Å². The summed E-state index contributed by atoms with van der Waals surface area (Å²) in [7, 11) is 0. The summed E-state index contributed by atoms with van der Waals surface area (Å²) < 4.78 is 17.0. The molecule has 1 aromatic rings. The van der Waals surface area contributed by atoms with E-state index in [-0.39, 0.29) is 6.29 Å². The zero-order valence-corrected chi connectivity index (χ0v) is 20.2. The van der Waals surface area contributed by atoms with E-state index in [4.69, 9.17) is 14.2 Å². The average molecular weight is 450 g/mol. The highest BCUT2D eigenvalue weighted by Gasteiger charge is 2.27. The van der Waals surface area contributed by atoms with Crippen molar-refractivity contribution in [3.63, 3.8) is 0 Å². The summed E-state index contributed by atoms with van der Waals surface area (Å²) in [5.74, 6) is 0.518. The summed E-state index contributed by atoms with van der Waals surface area (Å²) in [4.78, 5) is 13.2. The molecule has 0 aromatic heterocycles. The van der Waals surface area contributed by atoms with Gasteiger partial charge in [-0.2, -0.15) is 0 Å². The number of amides is 1. The molecule has 2 aliphatic rings. The van der Waals surface area contributed by atoms with Gasteiger partial charge in [-0.3, -0.25) is 5.32 Å². The second kappa shape index (κ2) is 12.1. The van der Waals surface area contributed by atoms with Crippen LogP contribution >= 0.6 is 11.8 Å². The quantitative estimate of drug-likeness (QED) is 0.536. The third-order valence-corrected chi connectivity index (χ3v) is 7.14. The van der Waals surface area contributed by atoms with E-state index in [1.54, 1.807) is 0 Å². The first-order chi connectivity index (χ1) is 14.9. The maximum Gasteiger partial charge on any atom is 0.412 e. The third-order valence-electron chi connectivity index (χ3n) is 5.80. The summed E-state index contributed by atoms with van der Waals surface area (Å²) in [5.41, 5.74) is 0.262. The van der Waals surface area contributed by atoms with Crippen molar-refractivity contribution < 1.29 is 19.0 Å². The summed E-state index contributed by atoms with van der Waals surface area (Å²) in [6, 6.07) is 8.12. The van der Waals surface area contributed by atoms with E-state index in [0.717, 1.165) is 18.9 Å². The molecule has 1 saturated carbocycles. The molecule has 2 atom stereocenters. The maximum absolute atomic E-state index is 12.0. The highest BCUT2D eigenvalue weighted by molar-refractivity contribution is 8.00. The molecule has 0 bridgehead atoms. The van der Waals surface area contributed by atoms with Gasteiger partial charge in [0, 0.05) is 21.8 Å². The average Bonchev–Trinajstić information content (AvgIpc) is 3.22. The lowest BCUT2D eigenvalue weighted by Gasteiger charge is -2.24. The molecule has 1 N–H and O–H groups in total. The minimum Gasteiger partial charge on any atom is -0.444 e. The molecule has 2 fully saturated rings. The monoisotopic (exact) mass is 449 g/mol. The van der Waals surface area contributed by atoms with Gasteiger partial charge in [-0.25, -0.2) is 4.79 Å². The molecule has 1 saturated heterocycles. The van der Waals surface area contributed by atoms with Gasteiger partial charge in [0.1, 0.15) is 5.60 Å². The smallest absolute Gasteiger partial charge is 0.412 e. The lowest BCUT2D eigenvalue weighted by Crippen LogP contribution is -2.27. The number of ether oxygens (including phenoxy) is 3. The van der Waals surface area contributed by atoms with Crippen molar-refractivity contribution in [2.24, 2.45) is 5.92 Å². The Bertz CT molecular complexity index is 667. The highest BCUT2D eigenvalue weighted by Crippen LogP contribution is 2.35. The fraction of sp³-hybridized carbons (Fsp3) is 0.720. The van der Waals surface area contributed by atoms with E-state index in [1.807, 2.05) is 44.7 Å². The summed E-state index contributed by atoms with van der Waals surface area (Å²) in [5, 5.41) is 3.41. The van der Waals surface area contributed by atoms with Crippen LogP contribution in [0.2, 0.25) is 0 Å². The first-order valence-electron chi connectivity index (χ1n) is 11.9. The van der Waals surface area contributed by atoms with Crippen molar-refractivity contribution in [3.8, 4) is 0 Å². The zero-order valence-electron chi connectivity index (χ0n) is 19.4. The maximum atomic E-state index is 12.0. The van der Waals surface area contributed by atoms with E-state index in [1.165, 1.54) is 62.7 Å². The van der Waals surface area contributed by atoms with Crippen LogP contribution in [0.5, 0.6) is 0 Å². The second-order valence-corrected chi connectivity index (χ2v) is 11.1. The molecular formula is C25H39NO4S. The molecule has 3 rings (SSSR count). The van der Waals surface area contributed by atoms with E-state index in [2.05, 4.69) is 17.4 Å². The van der Waals surface area contributed by atoms with Crippen molar-refractivity contribution in [1.82, 2.24) is 0 Å². The van der Waals surface area contributed by atoms with E-state index in [0.29, 0.717) is 11.2 Å².